The summed E-state index contributed by atoms with van der Waals surface area (Å²) in [6, 6.07) is 0. The van der Waals surface area contributed by atoms with Crippen LogP contribution in [-0.2, 0) is 9.30 Å². The van der Waals surface area contributed by atoms with Crippen LogP contribution < -0.4 is 0 Å². The smallest absolute Gasteiger partial charge is 0.190 e. The van der Waals surface area contributed by atoms with Crippen LogP contribution in [0.2, 0.25) is 0 Å². The monoisotopic (exact) mass is 302 g/mol. The zero-order valence-corrected chi connectivity index (χ0v) is 14.9. The fraction of sp³-hybridized carbons (Fsp3) is 1.00. The van der Waals surface area contributed by atoms with E-state index >= 15 is 0 Å². The summed E-state index contributed by atoms with van der Waals surface area (Å²) in [5, 5.41) is -0.393. The Hall–Kier alpha value is 0.0600. The average molecular weight is 302 g/mol. The summed E-state index contributed by atoms with van der Waals surface area (Å²) < 4.78 is 17.7. The van der Waals surface area contributed by atoms with E-state index in [9.17, 15) is 4.57 Å². The third-order valence-corrected chi connectivity index (χ3v) is 4.79. The molecule has 0 aliphatic rings. The first kappa shape index (κ1) is 20.1. The van der Waals surface area contributed by atoms with Crippen LogP contribution in [-0.4, -0.2) is 11.9 Å². The molecule has 3 heteroatoms. The van der Waals surface area contributed by atoms with Gasteiger partial charge in [0.25, 0.3) is 0 Å². The lowest BCUT2D eigenvalue weighted by atomic mass is 10.1. The van der Waals surface area contributed by atoms with Gasteiger partial charge >= 0.3 is 0 Å². The highest BCUT2D eigenvalue weighted by Gasteiger charge is 2.30. The molecule has 0 atom stereocenters. The topological polar surface area (TPSA) is 26.3 Å². The zero-order chi connectivity index (χ0) is 15.1. The standard InChI is InChI=1S/C17H35O2P/c1-4-7-10-11-12-13-16-19-17(20-18,14-8-5-2)15-9-6-3/h4-16H2,1-3H3. The fourth-order valence-corrected chi connectivity index (χ4v) is 3.08. The molecule has 0 bridgehead atoms. The van der Waals surface area contributed by atoms with E-state index < -0.39 is 5.34 Å². The molecule has 0 aromatic heterocycles. The van der Waals surface area contributed by atoms with Gasteiger partial charge in [0.1, 0.15) is 5.34 Å². The molecule has 0 N–H and O–H groups in total. The molecule has 2 nitrogen and oxygen atoms in total. The van der Waals surface area contributed by atoms with Gasteiger partial charge in [-0.15, -0.1) is 0 Å². The van der Waals surface area contributed by atoms with Crippen molar-refractivity contribution in [3.8, 4) is 0 Å². The van der Waals surface area contributed by atoms with Gasteiger partial charge in [0.05, 0.1) is 0 Å². The Bertz CT molecular complexity index is 211. The van der Waals surface area contributed by atoms with Crippen LogP contribution in [0.4, 0.5) is 0 Å². The zero-order valence-electron chi connectivity index (χ0n) is 14.0. The summed E-state index contributed by atoms with van der Waals surface area (Å²) in [7, 11) is 0.188. The van der Waals surface area contributed by atoms with Crippen molar-refractivity contribution in [2.75, 3.05) is 6.61 Å². The molecule has 0 unspecified atom stereocenters. The molecule has 0 spiro atoms. The Morgan fingerprint density at radius 1 is 0.750 bits per heavy atom. The maximum absolute atomic E-state index is 11.6. The van der Waals surface area contributed by atoms with Gasteiger partial charge in [-0.05, 0) is 19.3 Å². The van der Waals surface area contributed by atoms with Crippen molar-refractivity contribution in [3.05, 3.63) is 0 Å². The largest absolute Gasteiger partial charge is 0.363 e. The van der Waals surface area contributed by atoms with Gasteiger partial charge in [0.2, 0.25) is 0 Å². The van der Waals surface area contributed by atoms with Crippen molar-refractivity contribution in [3.63, 3.8) is 0 Å². The summed E-state index contributed by atoms with van der Waals surface area (Å²) in [5.41, 5.74) is 0. The Labute approximate surface area is 128 Å². The van der Waals surface area contributed by atoms with Gasteiger partial charge in [0.15, 0.2) is 8.46 Å². The third-order valence-electron chi connectivity index (χ3n) is 3.88. The van der Waals surface area contributed by atoms with E-state index in [0.717, 1.165) is 51.6 Å². The van der Waals surface area contributed by atoms with Crippen molar-refractivity contribution in [2.24, 2.45) is 0 Å². The van der Waals surface area contributed by atoms with Gasteiger partial charge < -0.3 is 4.74 Å². The molecule has 0 saturated carbocycles. The highest BCUT2D eigenvalue weighted by Crippen LogP contribution is 2.36. The molecule has 0 heterocycles. The minimum absolute atomic E-state index is 0.188. The van der Waals surface area contributed by atoms with Crippen molar-refractivity contribution in [1.82, 2.24) is 0 Å². The molecule has 20 heavy (non-hydrogen) atoms. The first-order valence-electron chi connectivity index (χ1n) is 8.73. The van der Waals surface area contributed by atoms with Crippen molar-refractivity contribution >= 4 is 8.46 Å². The average Bonchev–Trinajstić information content (AvgIpc) is 2.48. The van der Waals surface area contributed by atoms with Crippen molar-refractivity contribution in [2.45, 2.75) is 103 Å². The quantitative estimate of drug-likeness (QED) is 0.247. The molecule has 0 saturated heterocycles. The number of hydrogen-bond acceptors (Lipinski definition) is 2. The molecule has 0 aromatic rings. The van der Waals surface area contributed by atoms with Gasteiger partial charge in [0, 0.05) is 6.61 Å². The maximum atomic E-state index is 11.6. The summed E-state index contributed by atoms with van der Waals surface area (Å²) >= 11 is 0. The lowest BCUT2D eigenvalue weighted by molar-refractivity contribution is 0.00414. The van der Waals surface area contributed by atoms with E-state index in [1.807, 2.05) is 0 Å². The van der Waals surface area contributed by atoms with E-state index in [-0.39, 0.29) is 8.46 Å². The second-order valence-electron chi connectivity index (χ2n) is 5.86. The van der Waals surface area contributed by atoms with Crippen molar-refractivity contribution in [1.29, 1.82) is 0 Å². The fourth-order valence-electron chi connectivity index (χ4n) is 2.44. The van der Waals surface area contributed by atoms with Crippen LogP contribution in [0, 0.1) is 0 Å². The van der Waals surface area contributed by atoms with Gasteiger partial charge in [-0.1, -0.05) is 78.6 Å². The Morgan fingerprint density at radius 2 is 1.25 bits per heavy atom. The molecule has 0 rings (SSSR count). The van der Waals surface area contributed by atoms with Crippen LogP contribution >= 0.6 is 8.46 Å². The van der Waals surface area contributed by atoms with Crippen LogP contribution in [0.15, 0.2) is 0 Å². The molecular weight excluding hydrogens is 267 g/mol. The van der Waals surface area contributed by atoms with E-state index in [1.54, 1.807) is 0 Å². The highest BCUT2D eigenvalue weighted by atomic mass is 31.1. The second kappa shape index (κ2) is 14.0. The Morgan fingerprint density at radius 3 is 1.75 bits per heavy atom. The first-order chi connectivity index (χ1) is 9.74. The summed E-state index contributed by atoms with van der Waals surface area (Å²) in [4.78, 5) is 0. The van der Waals surface area contributed by atoms with Gasteiger partial charge in [-0.3, -0.25) is 4.57 Å². The summed E-state index contributed by atoms with van der Waals surface area (Å²) in [6.45, 7) is 7.38. The van der Waals surface area contributed by atoms with Gasteiger partial charge in [-0.25, -0.2) is 0 Å². The lowest BCUT2D eigenvalue weighted by Gasteiger charge is -2.27. The highest BCUT2D eigenvalue weighted by molar-refractivity contribution is 7.25. The summed E-state index contributed by atoms with van der Waals surface area (Å²) in [5.74, 6) is 0. The molecule has 0 amide bonds. The first-order valence-corrected chi connectivity index (χ1v) is 9.54. The minimum atomic E-state index is -0.393. The minimum Gasteiger partial charge on any atom is -0.363 e. The molecule has 0 fully saturated rings. The van der Waals surface area contributed by atoms with E-state index in [1.165, 1.54) is 32.1 Å². The Kier molecular flexibility index (Phi) is 14.1. The number of ether oxygens (including phenoxy) is 1. The number of hydrogen-bond donors (Lipinski definition) is 0. The van der Waals surface area contributed by atoms with Crippen LogP contribution in [0.5, 0.6) is 0 Å². The molecule has 0 aliphatic carbocycles. The lowest BCUT2D eigenvalue weighted by Crippen LogP contribution is -2.26. The molecule has 0 aliphatic heterocycles. The molecular formula is C17H35O2P. The van der Waals surface area contributed by atoms with Crippen LogP contribution in [0.3, 0.4) is 0 Å². The van der Waals surface area contributed by atoms with E-state index in [4.69, 9.17) is 4.74 Å². The van der Waals surface area contributed by atoms with Gasteiger partial charge in [-0.2, -0.15) is 0 Å². The predicted molar refractivity (Wildman–Crippen MR) is 88.7 cm³/mol. The Balaban J connectivity index is 3.97. The van der Waals surface area contributed by atoms with E-state index in [2.05, 4.69) is 20.8 Å². The van der Waals surface area contributed by atoms with Crippen molar-refractivity contribution < 1.29 is 9.30 Å². The number of rotatable bonds is 15. The van der Waals surface area contributed by atoms with Crippen LogP contribution in [0.1, 0.15) is 97.8 Å². The maximum Gasteiger partial charge on any atom is 0.190 e. The SMILES string of the molecule is CCCCCCCCOC(CCCC)(CCCC)P=O. The molecule has 0 radical (unpaired) electrons. The molecule has 120 valence electrons. The predicted octanol–water partition coefficient (Wildman–Crippen LogP) is 6.73. The number of unbranched alkanes of at least 4 members (excludes halogenated alkanes) is 7. The third kappa shape index (κ3) is 9.88. The summed E-state index contributed by atoms with van der Waals surface area (Å²) in [6.07, 6.45) is 14.0. The normalized spacial score (nSPS) is 12.2. The molecule has 0 aromatic carbocycles. The van der Waals surface area contributed by atoms with E-state index in [0.29, 0.717) is 0 Å². The van der Waals surface area contributed by atoms with Crippen LogP contribution in [0.25, 0.3) is 0 Å². The second-order valence-corrected chi connectivity index (χ2v) is 6.86.